The lowest BCUT2D eigenvalue weighted by Crippen LogP contribution is -2.34. The number of H-pyrrole nitrogens is 1. The fourth-order valence-electron chi connectivity index (χ4n) is 2.72. The van der Waals surface area contributed by atoms with Crippen LogP contribution in [-0.4, -0.2) is 10.9 Å². The van der Waals surface area contributed by atoms with Gasteiger partial charge in [-0.25, -0.2) is 0 Å². The molecule has 144 valence electrons. The van der Waals surface area contributed by atoms with E-state index >= 15 is 0 Å². The fraction of sp³-hybridized carbons (Fsp3) is 0.100. The van der Waals surface area contributed by atoms with E-state index in [2.05, 4.69) is 5.32 Å². The first-order chi connectivity index (χ1) is 13.3. The van der Waals surface area contributed by atoms with Crippen molar-refractivity contribution in [2.24, 2.45) is 0 Å². The highest BCUT2D eigenvalue weighted by Crippen LogP contribution is 2.27. The molecule has 4 nitrogen and oxygen atoms in total. The van der Waals surface area contributed by atoms with Crippen LogP contribution in [0, 0.1) is 0 Å². The number of hydrogen-bond donors (Lipinski definition) is 2. The third-order valence-corrected chi connectivity index (χ3v) is 4.28. The second kappa shape index (κ2) is 7.90. The summed E-state index contributed by atoms with van der Waals surface area (Å²) in [6, 6.07) is 16.6. The molecule has 0 aliphatic heterocycles. The van der Waals surface area contributed by atoms with Gasteiger partial charge in [0.25, 0.3) is 11.5 Å². The van der Waals surface area contributed by atoms with E-state index in [1.165, 1.54) is 0 Å². The molecule has 1 aromatic heterocycles. The van der Waals surface area contributed by atoms with Crippen molar-refractivity contribution in [2.75, 3.05) is 0 Å². The van der Waals surface area contributed by atoms with Crippen LogP contribution >= 0.6 is 11.6 Å². The third-order valence-electron chi connectivity index (χ3n) is 4.05. The van der Waals surface area contributed by atoms with Gasteiger partial charge in [0.2, 0.25) is 0 Å². The van der Waals surface area contributed by atoms with E-state index < -0.39 is 34.9 Å². The van der Waals surface area contributed by atoms with E-state index in [-0.39, 0.29) is 0 Å². The summed E-state index contributed by atoms with van der Waals surface area (Å²) in [5, 5.41) is 3.15. The van der Waals surface area contributed by atoms with E-state index in [1.807, 2.05) is 0 Å². The number of aromatic nitrogens is 1. The molecule has 3 rings (SSSR count). The van der Waals surface area contributed by atoms with Crippen LogP contribution in [0.25, 0.3) is 0 Å². The van der Waals surface area contributed by atoms with Crippen molar-refractivity contribution in [3.8, 4) is 0 Å². The molecule has 0 aliphatic carbocycles. The fourth-order valence-corrected chi connectivity index (χ4v) is 2.92. The number of aromatic amines is 1. The number of rotatable bonds is 4. The van der Waals surface area contributed by atoms with Crippen molar-refractivity contribution < 1.29 is 18.0 Å². The summed E-state index contributed by atoms with van der Waals surface area (Å²) in [4.78, 5) is 26.3. The molecule has 0 saturated heterocycles. The van der Waals surface area contributed by atoms with Crippen molar-refractivity contribution in [3.05, 3.63) is 104 Å². The van der Waals surface area contributed by atoms with Crippen LogP contribution in [0.3, 0.4) is 0 Å². The first kappa shape index (κ1) is 19.7. The van der Waals surface area contributed by atoms with Gasteiger partial charge in [0.15, 0.2) is 0 Å². The lowest BCUT2D eigenvalue weighted by molar-refractivity contribution is -0.141. The van der Waals surface area contributed by atoms with Gasteiger partial charge in [-0.2, -0.15) is 13.2 Å². The molecule has 0 spiro atoms. The van der Waals surface area contributed by atoms with Gasteiger partial charge in [-0.1, -0.05) is 54.1 Å². The topological polar surface area (TPSA) is 62.0 Å². The zero-order valence-electron chi connectivity index (χ0n) is 14.3. The van der Waals surface area contributed by atoms with Crippen LogP contribution in [0.15, 0.2) is 71.5 Å². The Morgan fingerprint density at radius 3 is 2.25 bits per heavy atom. The molecule has 0 radical (unpaired) electrons. The van der Waals surface area contributed by atoms with Gasteiger partial charge < -0.3 is 10.3 Å². The molecule has 3 aromatic rings. The quantitative estimate of drug-likeness (QED) is 0.667. The maximum Gasteiger partial charge on any atom is 0.431 e. The predicted molar refractivity (Wildman–Crippen MR) is 99.3 cm³/mol. The van der Waals surface area contributed by atoms with Crippen LogP contribution in [0.1, 0.15) is 33.2 Å². The highest BCUT2D eigenvalue weighted by molar-refractivity contribution is 6.30. The molecule has 1 atom stereocenters. The first-order valence-corrected chi connectivity index (χ1v) is 8.55. The van der Waals surface area contributed by atoms with E-state index in [4.69, 9.17) is 11.6 Å². The summed E-state index contributed by atoms with van der Waals surface area (Å²) in [6.07, 6.45) is -4.71. The highest BCUT2D eigenvalue weighted by atomic mass is 35.5. The highest BCUT2D eigenvalue weighted by Gasteiger charge is 2.32. The van der Waals surface area contributed by atoms with Crippen molar-refractivity contribution in [2.45, 2.75) is 12.2 Å². The van der Waals surface area contributed by atoms with Gasteiger partial charge in [-0.3, -0.25) is 9.59 Å². The molecule has 8 heteroatoms. The smallest absolute Gasteiger partial charge is 0.341 e. The Morgan fingerprint density at radius 2 is 1.64 bits per heavy atom. The number of carbonyl (C=O) groups is 1. The second-order valence-electron chi connectivity index (χ2n) is 5.98. The number of pyridine rings is 1. The Hall–Kier alpha value is -3.06. The molecule has 0 bridgehead atoms. The molecular formula is C20H14ClF3N2O2. The molecule has 1 unspecified atom stereocenters. The molecule has 2 N–H and O–H groups in total. The zero-order valence-corrected chi connectivity index (χ0v) is 15.0. The third kappa shape index (κ3) is 4.43. The van der Waals surface area contributed by atoms with E-state index in [1.54, 1.807) is 59.6 Å². The first-order valence-electron chi connectivity index (χ1n) is 8.17. The molecule has 0 saturated carbocycles. The Kier molecular flexibility index (Phi) is 5.56. The number of hydrogen-bond acceptors (Lipinski definition) is 2. The van der Waals surface area contributed by atoms with Crippen LogP contribution in [0.5, 0.6) is 0 Å². The lowest BCUT2D eigenvalue weighted by Gasteiger charge is -2.20. The van der Waals surface area contributed by atoms with Crippen LogP contribution in [0.4, 0.5) is 13.2 Å². The SMILES string of the molecule is O=C(NC(c1ccccc1)c1cccc(Cl)c1)c1ccc(C(F)(F)F)[nH]c1=O. The number of alkyl halides is 3. The predicted octanol–water partition coefficient (Wildman–Crippen LogP) is 4.57. The van der Waals surface area contributed by atoms with Crippen LogP contribution in [-0.2, 0) is 6.18 Å². The molecule has 1 amide bonds. The molecule has 1 heterocycles. The van der Waals surface area contributed by atoms with Crippen molar-refractivity contribution in [1.82, 2.24) is 10.3 Å². The van der Waals surface area contributed by atoms with Crippen molar-refractivity contribution in [3.63, 3.8) is 0 Å². The summed E-state index contributed by atoms with van der Waals surface area (Å²) in [6.45, 7) is 0. The molecule has 0 fully saturated rings. The summed E-state index contributed by atoms with van der Waals surface area (Å²) < 4.78 is 38.1. The normalized spacial score (nSPS) is 12.4. The van der Waals surface area contributed by atoms with E-state index in [0.29, 0.717) is 16.7 Å². The minimum absolute atomic E-state index is 0.420. The monoisotopic (exact) mass is 406 g/mol. The number of nitrogens with one attached hydrogen (secondary N) is 2. The summed E-state index contributed by atoms with van der Waals surface area (Å²) >= 11 is 6.04. The minimum Gasteiger partial charge on any atom is -0.341 e. The lowest BCUT2D eigenvalue weighted by atomic mass is 9.98. The van der Waals surface area contributed by atoms with Crippen LogP contribution in [0.2, 0.25) is 5.02 Å². The minimum atomic E-state index is -4.71. The van der Waals surface area contributed by atoms with Crippen LogP contribution < -0.4 is 10.9 Å². The number of amides is 1. The number of carbonyl (C=O) groups excluding carboxylic acids is 1. The number of halogens is 4. The Labute approximate surface area is 163 Å². The maximum atomic E-state index is 12.7. The van der Waals surface area contributed by atoms with Gasteiger partial charge >= 0.3 is 6.18 Å². The van der Waals surface area contributed by atoms with Gasteiger partial charge in [0, 0.05) is 5.02 Å². The summed E-state index contributed by atoms with van der Waals surface area (Å²) in [7, 11) is 0. The zero-order chi connectivity index (χ0) is 20.3. The molecule has 2 aromatic carbocycles. The average Bonchev–Trinajstić information content (AvgIpc) is 2.65. The average molecular weight is 407 g/mol. The molecular weight excluding hydrogens is 393 g/mol. The van der Waals surface area contributed by atoms with E-state index in [9.17, 15) is 22.8 Å². The van der Waals surface area contributed by atoms with Crippen molar-refractivity contribution in [1.29, 1.82) is 0 Å². The molecule has 28 heavy (non-hydrogen) atoms. The largest absolute Gasteiger partial charge is 0.431 e. The van der Waals surface area contributed by atoms with Gasteiger partial charge in [0.05, 0.1) is 6.04 Å². The summed E-state index contributed by atoms with van der Waals surface area (Å²) in [5.74, 6) is -0.802. The standard InChI is InChI=1S/C20H14ClF3N2O2/c21-14-8-4-7-13(11-14)17(12-5-2-1-3-6-12)26-19(28)15-9-10-16(20(22,23)24)25-18(15)27/h1-11,17H,(H,25,27)(H,26,28). The Bertz CT molecular complexity index is 1050. The van der Waals surface area contributed by atoms with Crippen molar-refractivity contribution >= 4 is 17.5 Å². The van der Waals surface area contributed by atoms with Gasteiger partial charge in [-0.05, 0) is 35.4 Å². The molecule has 0 aliphatic rings. The maximum absolute atomic E-state index is 12.7. The van der Waals surface area contributed by atoms with Gasteiger partial charge in [0.1, 0.15) is 11.3 Å². The Balaban J connectivity index is 1.95. The number of benzene rings is 2. The van der Waals surface area contributed by atoms with Gasteiger partial charge in [-0.15, -0.1) is 0 Å². The van der Waals surface area contributed by atoms with E-state index in [0.717, 1.165) is 11.6 Å². The summed E-state index contributed by atoms with van der Waals surface area (Å²) in [5.41, 5.74) is -1.37. The Morgan fingerprint density at radius 1 is 0.964 bits per heavy atom. The second-order valence-corrected chi connectivity index (χ2v) is 6.42.